The van der Waals surface area contributed by atoms with Crippen LogP contribution in [0.2, 0.25) is 0 Å². The zero-order valence-corrected chi connectivity index (χ0v) is 10.7. The smallest absolute Gasteiger partial charge is 0.227 e. The Morgan fingerprint density at radius 1 is 1.22 bits per heavy atom. The van der Waals surface area contributed by atoms with Gasteiger partial charge in [-0.25, -0.2) is 0 Å². The van der Waals surface area contributed by atoms with Crippen LogP contribution in [0.4, 0.5) is 5.69 Å². The molecule has 0 aliphatic heterocycles. The van der Waals surface area contributed by atoms with Crippen LogP contribution in [0.25, 0.3) is 0 Å². The molecule has 0 saturated heterocycles. The first kappa shape index (κ1) is 12.6. The van der Waals surface area contributed by atoms with Gasteiger partial charge in [0.25, 0.3) is 0 Å². The number of hydrogen-bond donors (Lipinski definition) is 2. The number of nitrogens with one attached hydrogen (secondary N) is 2. The van der Waals surface area contributed by atoms with Crippen LogP contribution < -0.4 is 10.6 Å². The van der Waals surface area contributed by atoms with E-state index in [9.17, 15) is 9.59 Å². The largest absolute Gasteiger partial charge is 0.350 e. The van der Waals surface area contributed by atoms with Gasteiger partial charge in [0.15, 0.2) is 0 Å². The van der Waals surface area contributed by atoms with E-state index >= 15 is 0 Å². The zero-order chi connectivity index (χ0) is 13.1. The Hall–Kier alpha value is -1.84. The lowest BCUT2D eigenvalue weighted by atomic mass is 10.1. The third kappa shape index (κ3) is 3.32. The van der Waals surface area contributed by atoms with Crippen molar-refractivity contribution in [3.8, 4) is 0 Å². The molecule has 1 aliphatic carbocycles. The van der Waals surface area contributed by atoms with Gasteiger partial charge in [-0.2, -0.15) is 0 Å². The van der Waals surface area contributed by atoms with Crippen LogP contribution in [-0.4, -0.2) is 11.8 Å². The highest BCUT2D eigenvalue weighted by Crippen LogP contribution is 2.30. The van der Waals surface area contributed by atoms with Gasteiger partial charge in [-0.15, -0.1) is 0 Å². The number of rotatable bonds is 4. The maximum absolute atomic E-state index is 11.6. The fourth-order valence-corrected chi connectivity index (χ4v) is 1.83. The molecule has 0 spiro atoms. The number of amides is 2. The van der Waals surface area contributed by atoms with Crippen molar-refractivity contribution >= 4 is 17.5 Å². The van der Waals surface area contributed by atoms with Crippen molar-refractivity contribution in [3.05, 3.63) is 29.8 Å². The molecule has 1 aliphatic rings. The van der Waals surface area contributed by atoms with Gasteiger partial charge in [0.05, 0.1) is 6.04 Å². The molecule has 2 N–H and O–H groups in total. The lowest BCUT2D eigenvalue weighted by Crippen LogP contribution is -2.23. The number of benzene rings is 1. The molecule has 96 valence electrons. The molecule has 1 fully saturated rings. The quantitative estimate of drug-likeness (QED) is 0.856. The first-order valence-electron chi connectivity index (χ1n) is 6.24. The Kier molecular flexibility index (Phi) is 3.65. The van der Waals surface area contributed by atoms with Gasteiger partial charge >= 0.3 is 0 Å². The van der Waals surface area contributed by atoms with Gasteiger partial charge in [-0.3, -0.25) is 9.59 Å². The molecule has 4 heteroatoms. The maximum Gasteiger partial charge on any atom is 0.227 e. The summed E-state index contributed by atoms with van der Waals surface area (Å²) >= 11 is 0. The summed E-state index contributed by atoms with van der Waals surface area (Å²) in [4.78, 5) is 22.5. The summed E-state index contributed by atoms with van der Waals surface area (Å²) in [6.07, 6.45) is 2.01. The summed E-state index contributed by atoms with van der Waals surface area (Å²) in [5.41, 5.74) is 1.83. The molecule has 1 unspecified atom stereocenters. The van der Waals surface area contributed by atoms with E-state index in [1.165, 1.54) is 6.92 Å². The van der Waals surface area contributed by atoms with E-state index in [-0.39, 0.29) is 23.8 Å². The summed E-state index contributed by atoms with van der Waals surface area (Å²) in [6, 6.07) is 7.56. The predicted octanol–water partition coefficient (Wildman–Crippen LogP) is 2.23. The Balaban J connectivity index is 1.95. The Morgan fingerprint density at radius 3 is 2.33 bits per heavy atom. The minimum atomic E-state index is -0.0476. The Bertz CT molecular complexity index is 449. The Morgan fingerprint density at radius 2 is 1.83 bits per heavy atom. The van der Waals surface area contributed by atoms with E-state index < -0.39 is 0 Å². The van der Waals surface area contributed by atoms with E-state index in [0.717, 1.165) is 24.1 Å². The van der Waals surface area contributed by atoms with E-state index in [0.29, 0.717) is 0 Å². The lowest BCUT2D eigenvalue weighted by Gasteiger charge is -2.13. The van der Waals surface area contributed by atoms with Crippen LogP contribution >= 0.6 is 0 Å². The molecular formula is C14H18N2O2. The number of carbonyl (C=O) groups excluding carboxylic acids is 2. The minimum Gasteiger partial charge on any atom is -0.350 e. The van der Waals surface area contributed by atoms with Gasteiger partial charge in [-0.1, -0.05) is 12.1 Å². The van der Waals surface area contributed by atoms with Gasteiger partial charge in [-0.05, 0) is 37.5 Å². The summed E-state index contributed by atoms with van der Waals surface area (Å²) in [5.74, 6) is 0.272. The van der Waals surface area contributed by atoms with Crippen molar-refractivity contribution in [1.82, 2.24) is 5.32 Å². The van der Waals surface area contributed by atoms with Crippen molar-refractivity contribution in [2.75, 3.05) is 5.32 Å². The zero-order valence-electron chi connectivity index (χ0n) is 10.7. The highest BCUT2D eigenvalue weighted by Gasteiger charge is 2.29. The number of anilines is 1. The minimum absolute atomic E-state index is 0.0179. The van der Waals surface area contributed by atoms with Crippen molar-refractivity contribution in [2.45, 2.75) is 32.7 Å². The van der Waals surface area contributed by atoms with E-state index in [1.54, 1.807) is 0 Å². The lowest BCUT2D eigenvalue weighted by molar-refractivity contribution is -0.119. The molecule has 1 aromatic carbocycles. The van der Waals surface area contributed by atoms with E-state index in [4.69, 9.17) is 0 Å². The van der Waals surface area contributed by atoms with E-state index in [1.807, 2.05) is 31.2 Å². The average molecular weight is 246 g/mol. The fourth-order valence-electron chi connectivity index (χ4n) is 1.83. The molecule has 0 aromatic heterocycles. The second kappa shape index (κ2) is 5.21. The van der Waals surface area contributed by atoms with Gasteiger partial charge in [0, 0.05) is 18.5 Å². The monoisotopic (exact) mass is 246 g/mol. The van der Waals surface area contributed by atoms with Crippen molar-refractivity contribution in [3.63, 3.8) is 0 Å². The molecule has 4 nitrogen and oxygen atoms in total. The highest BCUT2D eigenvalue weighted by molar-refractivity contribution is 5.94. The molecule has 18 heavy (non-hydrogen) atoms. The first-order valence-corrected chi connectivity index (χ1v) is 6.24. The molecule has 0 radical (unpaired) electrons. The second-order valence-corrected chi connectivity index (χ2v) is 4.81. The molecule has 0 bridgehead atoms. The first-order chi connectivity index (χ1) is 8.56. The standard InChI is InChI=1S/C14H18N2O2/c1-9(15-10(2)17)11-5-7-13(8-6-11)16-14(18)12-3-4-12/h5-9,12H,3-4H2,1-2H3,(H,15,17)(H,16,18). The molecular weight excluding hydrogens is 228 g/mol. The van der Waals surface area contributed by atoms with Crippen LogP contribution in [-0.2, 0) is 9.59 Å². The second-order valence-electron chi connectivity index (χ2n) is 4.81. The van der Waals surface area contributed by atoms with Crippen LogP contribution in [0.1, 0.15) is 38.3 Å². The topological polar surface area (TPSA) is 58.2 Å². The third-order valence-corrected chi connectivity index (χ3v) is 3.05. The fraction of sp³-hybridized carbons (Fsp3) is 0.429. The predicted molar refractivity (Wildman–Crippen MR) is 70.0 cm³/mol. The highest BCUT2D eigenvalue weighted by atomic mass is 16.2. The molecule has 2 amide bonds. The summed E-state index contributed by atoms with van der Waals surface area (Å²) in [6.45, 7) is 3.43. The van der Waals surface area contributed by atoms with Crippen LogP contribution in [0, 0.1) is 5.92 Å². The maximum atomic E-state index is 11.6. The summed E-state index contributed by atoms with van der Waals surface area (Å²) in [5, 5.41) is 5.71. The van der Waals surface area contributed by atoms with Crippen LogP contribution in [0.3, 0.4) is 0 Å². The average Bonchev–Trinajstić information content (AvgIpc) is 3.12. The van der Waals surface area contributed by atoms with Crippen LogP contribution in [0.15, 0.2) is 24.3 Å². The van der Waals surface area contributed by atoms with Crippen molar-refractivity contribution in [2.24, 2.45) is 5.92 Å². The Labute approximate surface area is 107 Å². The summed E-state index contributed by atoms with van der Waals surface area (Å²) < 4.78 is 0. The molecule has 1 aromatic rings. The van der Waals surface area contributed by atoms with Crippen LogP contribution in [0.5, 0.6) is 0 Å². The van der Waals surface area contributed by atoms with Gasteiger partial charge in [0.1, 0.15) is 0 Å². The third-order valence-electron chi connectivity index (χ3n) is 3.05. The number of carbonyl (C=O) groups is 2. The summed E-state index contributed by atoms with van der Waals surface area (Å²) in [7, 11) is 0. The van der Waals surface area contributed by atoms with E-state index in [2.05, 4.69) is 10.6 Å². The normalized spacial score (nSPS) is 15.9. The molecule has 1 atom stereocenters. The van der Waals surface area contributed by atoms with Crippen molar-refractivity contribution in [1.29, 1.82) is 0 Å². The number of hydrogen-bond acceptors (Lipinski definition) is 2. The van der Waals surface area contributed by atoms with Gasteiger partial charge < -0.3 is 10.6 Å². The molecule has 2 rings (SSSR count). The van der Waals surface area contributed by atoms with Gasteiger partial charge in [0.2, 0.25) is 11.8 Å². The van der Waals surface area contributed by atoms with Crippen molar-refractivity contribution < 1.29 is 9.59 Å². The molecule has 0 heterocycles. The SMILES string of the molecule is CC(=O)NC(C)c1ccc(NC(=O)C2CC2)cc1. The molecule has 1 saturated carbocycles.